The van der Waals surface area contributed by atoms with Gasteiger partial charge < -0.3 is 9.47 Å². The van der Waals surface area contributed by atoms with Crippen molar-refractivity contribution in [1.29, 1.82) is 0 Å². The number of ether oxygens (including phenoxy) is 2. The second-order valence-electron chi connectivity index (χ2n) is 5.74. The van der Waals surface area contributed by atoms with Gasteiger partial charge in [0.1, 0.15) is 6.54 Å². The highest BCUT2D eigenvalue weighted by Crippen LogP contribution is 2.31. The van der Waals surface area contributed by atoms with Crippen molar-refractivity contribution in [3.63, 3.8) is 0 Å². The second kappa shape index (κ2) is 6.22. The maximum Gasteiger partial charge on any atom is 0.171 e. The van der Waals surface area contributed by atoms with E-state index in [1.54, 1.807) is 14.2 Å². The predicted octanol–water partition coefficient (Wildman–Crippen LogP) is 3.20. The smallest absolute Gasteiger partial charge is 0.171 e. The van der Waals surface area contributed by atoms with Gasteiger partial charge in [0.25, 0.3) is 0 Å². The molecular weight excluding hydrogens is 274 g/mol. The van der Waals surface area contributed by atoms with Crippen LogP contribution in [-0.2, 0) is 13.0 Å². The van der Waals surface area contributed by atoms with Gasteiger partial charge in [0.15, 0.2) is 24.3 Å². The quantitative estimate of drug-likeness (QED) is 0.808. The fraction of sp³-hybridized carbons (Fsp3) is 0.316. The fourth-order valence-corrected chi connectivity index (χ4v) is 2.85. The lowest BCUT2D eigenvalue weighted by molar-refractivity contribution is -0.540. The number of nitrogens with zero attached hydrogens (tertiary/aromatic N) is 1. The Morgan fingerprint density at radius 2 is 1.68 bits per heavy atom. The molecule has 3 rings (SSSR count). The molecule has 2 aromatic rings. The Bertz CT molecular complexity index is 702. The molecule has 0 fully saturated rings. The maximum atomic E-state index is 5.41. The largest absolute Gasteiger partial charge is 0.493 e. The average Bonchev–Trinajstić information content (AvgIpc) is 2.55. The average molecular weight is 296 g/mol. The molecule has 1 aliphatic rings. The maximum absolute atomic E-state index is 5.41. The van der Waals surface area contributed by atoms with Crippen molar-refractivity contribution in [2.45, 2.75) is 19.9 Å². The highest BCUT2D eigenvalue weighted by Gasteiger charge is 2.19. The lowest BCUT2D eigenvalue weighted by Gasteiger charge is -2.16. The third-order valence-electron chi connectivity index (χ3n) is 4.14. The number of hydrogen-bond donors (Lipinski definition) is 0. The van der Waals surface area contributed by atoms with Gasteiger partial charge in [-0.1, -0.05) is 29.8 Å². The first-order valence-electron chi connectivity index (χ1n) is 7.59. The molecule has 114 valence electrons. The minimum absolute atomic E-state index is 0.787. The fourth-order valence-electron chi connectivity index (χ4n) is 2.85. The summed E-state index contributed by atoms with van der Waals surface area (Å²) in [7, 11) is 3.36. The van der Waals surface area contributed by atoms with Crippen molar-refractivity contribution < 1.29 is 14.0 Å². The third-order valence-corrected chi connectivity index (χ3v) is 4.14. The molecule has 0 radical (unpaired) electrons. The monoisotopic (exact) mass is 296 g/mol. The second-order valence-corrected chi connectivity index (χ2v) is 5.74. The van der Waals surface area contributed by atoms with Gasteiger partial charge >= 0.3 is 0 Å². The summed E-state index contributed by atoms with van der Waals surface area (Å²) >= 11 is 0. The van der Waals surface area contributed by atoms with Crippen LogP contribution in [0.3, 0.4) is 0 Å². The summed E-state index contributed by atoms with van der Waals surface area (Å²) in [6.07, 6.45) is 3.25. The van der Waals surface area contributed by atoms with E-state index < -0.39 is 0 Å². The molecule has 0 bridgehead atoms. The van der Waals surface area contributed by atoms with E-state index in [0.29, 0.717) is 0 Å². The molecule has 1 aliphatic heterocycles. The molecule has 2 aromatic carbocycles. The Labute approximate surface area is 131 Å². The molecule has 0 saturated carbocycles. The Balaban J connectivity index is 1.87. The highest BCUT2D eigenvalue weighted by atomic mass is 16.5. The van der Waals surface area contributed by atoms with Crippen LogP contribution in [0.25, 0.3) is 0 Å². The van der Waals surface area contributed by atoms with E-state index in [4.69, 9.17) is 9.47 Å². The number of rotatable bonds is 4. The van der Waals surface area contributed by atoms with Crippen molar-refractivity contribution in [3.05, 3.63) is 58.7 Å². The van der Waals surface area contributed by atoms with E-state index in [2.05, 4.69) is 54.1 Å². The van der Waals surface area contributed by atoms with Crippen LogP contribution >= 0.6 is 0 Å². The Morgan fingerprint density at radius 3 is 2.36 bits per heavy atom. The molecule has 22 heavy (non-hydrogen) atoms. The van der Waals surface area contributed by atoms with Gasteiger partial charge in [0.2, 0.25) is 0 Å². The van der Waals surface area contributed by atoms with E-state index in [1.807, 2.05) is 0 Å². The topological polar surface area (TPSA) is 21.5 Å². The molecule has 0 spiro atoms. The van der Waals surface area contributed by atoms with Gasteiger partial charge in [-0.2, -0.15) is 0 Å². The first-order chi connectivity index (χ1) is 10.7. The first kappa shape index (κ1) is 14.6. The van der Waals surface area contributed by atoms with Crippen LogP contribution in [0.15, 0.2) is 36.4 Å². The number of fused-ring (bicyclic) bond motifs is 1. The van der Waals surface area contributed by atoms with E-state index in [0.717, 1.165) is 31.0 Å². The Hall–Kier alpha value is -2.29. The van der Waals surface area contributed by atoms with Crippen LogP contribution in [0.1, 0.15) is 22.3 Å². The summed E-state index contributed by atoms with van der Waals surface area (Å²) in [6, 6.07) is 12.9. The standard InChI is InChI=1S/C19H22NO2/c1-14-4-6-15(7-5-14)12-20-9-8-16-10-18(21-2)19(22-3)11-17(16)13-20/h4-7,10-11,13H,8-9,12H2,1-3H3/q+1. The predicted molar refractivity (Wildman–Crippen MR) is 88.4 cm³/mol. The molecule has 1 heterocycles. The van der Waals surface area contributed by atoms with Crippen LogP contribution in [0.5, 0.6) is 11.5 Å². The Morgan fingerprint density at radius 1 is 1.00 bits per heavy atom. The van der Waals surface area contributed by atoms with Gasteiger partial charge in [0, 0.05) is 17.5 Å². The summed E-state index contributed by atoms with van der Waals surface area (Å²) in [5, 5.41) is 0. The molecule has 0 aromatic heterocycles. The summed E-state index contributed by atoms with van der Waals surface area (Å²) in [5.41, 5.74) is 5.17. The van der Waals surface area contributed by atoms with Crippen LogP contribution in [0.4, 0.5) is 0 Å². The first-order valence-corrected chi connectivity index (χ1v) is 7.59. The number of hydrogen-bond acceptors (Lipinski definition) is 2. The van der Waals surface area contributed by atoms with E-state index in [1.165, 1.54) is 22.3 Å². The van der Waals surface area contributed by atoms with Gasteiger partial charge in [-0.3, -0.25) is 0 Å². The van der Waals surface area contributed by atoms with Crippen LogP contribution in [0, 0.1) is 6.92 Å². The molecule has 3 heteroatoms. The molecule has 0 amide bonds. The summed E-state index contributed by atoms with van der Waals surface area (Å²) in [6.45, 7) is 4.08. The number of aryl methyl sites for hydroxylation is 1. The normalized spacial score (nSPS) is 13.3. The van der Waals surface area contributed by atoms with E-state index in [-0.39, 0.29) is 0 Å². The van der Waals surface area contributed by atoms with Crippen molar-refractivity contribution >= 4 is 6.21 Å². The third kappa shape index (κ3) is 2.98. The number of benzene rings is 2. The zero-order valence-corrected chi connectivity index (χ0v) is 13.4. The lowest BCUT2D eigenvalue weighted by Crippen LogP contribution is -2.22. The summed E-state index contributed by atoms with van der Waals surface area (Å²) in [5.74, 6) is 1.59. The molecule has 0 N–H and O–H groups in total. The minimum Gasteiger partial charge on any atom is -0.493 e. The Kier molecular flexibility index (Phi) is 4.14. The molecule has 0 aliphatic carbocycles. The van der Waals surface area contributed by atoms with Gasteiger partial charge in [-0.25, -0.2) is 4.58 Å². The molecular formula is C19H22NO2+. The van der Waals surface area contributed by atoms with Gasteiger partial charge in [-0.15, -0.1) is 0 Å². The van der Waals surface area contributed by atoms with Crippen molar-refractivity contribution in [2.24, 2.45) is 0 Å². The summed E-state index contributed by atoms with van der Waals surface area (Å²) < 4.78 is 13.1. The van der Waals surface area contributed by atoms with Crippen LogP contribution < -0.4 is 9.47 Å². The molecule has 0 unspecified atom stereocenters. The molecule has 3 nitrogen and oxygen atoms in total. The van der Waals surface area contributed by atoms with Crippen LogP contribution in [-0.4, -0.2) is 31.6 Å². The van der Waals surface area contributed by atoms with E-state index in [9.17, 15) is 0 Å². The highest BCUT2D eigenvalue weighted by molar-refractivity contribution is 5.80. The zero-order valence-electron chi connectivity index (χ0n) is 13.4. The SMILES string of the molecule is COc1cc2c(cc1OC)CC[N+](Cc1ccc(C)cc1)=C2. The van der Waals surface area contributed by atoms with E-state index >= 15 is 0 Å². The molecule has 0 saturated heterocycles. The minimum atomic E-state index is 0.787. The van der Waals surface area contributed by atoms with Crippen LogP contribution in [0.2, 0.25) is 0 Å². The zero-order chi connectivity index (χ0) is 15.5. The van der Waals surface area contributed by atoms with Crippen molar-refractivity contribution in [3.8, 4) is 11.5 Å². The number of methoxy groups -OCH3 is 2. The summed E-state index contributed by atoms with van der Waals surface area (Å²) in [4.78, 5) is 0. The van der Waals surface area contributed by atoms with Gasteiger partial charge in [-0.05, 0) is 24.6 Å². The van der Waals surface area contributed by atoms with Crippen molar-refractivity contribution in [1.82, 2.24) is 0 Å². The van der Waals surface area contributed by atoms with Crippen molar-refractivity contribution in [2.75, 3.05) is 20.8 Å². The van der Waals surface area contributed by atoms with Gasteiger partial charge in [0.05, 0.1) is 14.2 Å². The lowest BCUT2D eigenvalue weighted by atomic mass is 10.0. The molecule has 0 atom stereocenters.